The summed E-state index contributed by atoms with van der Waals surface area (Å²) in [4.78, 5) is 20.7. The van der Waals surface area contributed by atoms with E-state index in [-0.39, 0.29) is 17.9 Å². The molecule has 0 aromatic carbocycles. The van der Waals surface area contributed by atoms with Crippen molar-refractivity contribution >= 4 is 22.8 Å². The second-order valence-electron chi connectivity index (χ2n) is 8.63. The van der Waals surface area contributed by atoms with Crippen LogP contribution in [0.3, 0.4) is 0 Å². The Bertz CT molecular complexity index is 1170. The molecule has 9 nitrogen and oxygen atoms in total. The van der Waals surface area contributed by atoms with Crippen molar-refractivity contribution in [2.24, 2.45) is 5.92 Å². The van der Waals surface area contributed by atoms with Gasteiger partial charge in [0.05, 0.1) is 30.1 Å². The highest BCUT2D eigenvalue weighted by Crippen LogP contribution is 2.52. The zero-order valence-corrected chi connectivity index (χ0v) is 16.7. The van der Waals surface area contributed by atoms with Crippen LogP contribution in [-0.4, -0.2) is 37.9 Å². The Morgan fingerprint density at radius 2 is 2.10 bits per heavy atom. The molecular formula is C21H23N5O4. The zero-order valence-electron chi connectivity index (χ0n) is 16.7. The molecule has 0 spiro atoms. The zero-order chi connectivity index (χ0) is 20.6. The van der Waals surface area contributed by atoms with Crippen LogP contribution >= 0.6 is 0 Å². The Morgan fingerprint density at radius 3 is 2.83 bits per heavy atom. The quantitative estimate of drug-likeness (QED) is 0.632. The summed E-state index contributed by atoms with van der Waals surface area (Å²) in [5, 5.41) is 16.1. The molecule has 0 radical (unpaired) electrons. The molecular weight excluding hydrogens is 386 g/mol. The van der Waals surface area contributed by atoms with Gasteiger partial charge in [-0.05, 0) is 38.5 Å². The molecule has 6 rings (SSSR count). The standard InChI is InChI=1S/C21H23N5O4/c1-29-21(28)10-6-11(7-10)26-12-4-5-13(27)15-17(25-30-18(15)9-2-3-9)14(12)16-19(22)23-8-24-20(16)26/h8-11,13,27H,2-7H2,1H3,(H2,22,23,24)/t10-,11+,13?. The lowest BCUT2D eigenvalue weighted by Crippen LogP contribution is -2.34. The van der Waals surface area contributed by atoms with Crippen molar-refractivity contribution < 1.29 is 19.2 Å². The molecule has 2 fully saturated rings. The molecule has 9 heteroatoms. The molecule has 3 aliphatic carbocycles. The first-order valence-corrected chi connectivity index (χ1v) is 10.5. The van der Waals surface area contributed by atoms with Crippen molar-refractivity contribution in [3.05, 3.63) is 23.3 Å². The fraction of sp³-hybridized carbons (Fsp3) is 0.524. The number of carbonyl (C=O) groups is 1. The monoisotopic (exact) mass is 409 g/mol. The van der Waals surface area contributed by atoms with Gasteiger partial charge in [0.25, 0.3) is 0 Å². The van der Waals surface area contributed by atoms with E-state index >= 15 is 0 Å². The number of aliphatic hydroxyl groups is 1. The van der Waals surface area contributed by atoms with Gasteiger partial charge in [-0.25, -0.2) is 9.97 Å². The summed E-state index contributed by atoms with van der Waals surface area (Å²) in [5.41, 5.74) is 10.4. The molecule has 3 heterocycles. The third-order valence-corrected chi connectivity index (χ3v) is 6.86. The van der Waals surface area contributed by atoms with Crippen molar-refractivity contribution in [2.75, 3.05) is 12.8 Å². The molecule has 3 aliphatic rings. The number of methoxy groups -OCH3 is 1. The van der Waals surface area contributed by atoms with Crippen LogP contribution in [0, 0.1) is 5.92 Å². The number of nitrogens with zero attached hydrogens (tertiary/aromatic N) is 4. The van der Waals surface area contributed by atoms with Gasteiger partial charge in [-0.3, -0.25) is 4.79 Å². The highest BCUT2D eigenvalue weighted by molar-refractivity contribution is 6.02. The van der Waals surface area contributed by atoms with Crippen molar-refractivity contribution in [2.45, 2.75) is 56.6 Å². The van der Waals surface area contributed by atoms with Crippen LogP contribution in [0.4, 0.5) is 5.82 Å². The van der Waals surface area contributed by atoms with Crippen LogP contribution < -0.4 is 5.73 Å². The van der Waals surface area contributed by atoms with Crippen LogP contribution in [0.1, 0.15) is 67.2 Å². The van der Waals surface area contributed by atoms with Gasteiger partial charge in [-0.1, -0.05) is 5.16 Å². The number of ether oxygens (including phenoxy) is 1. The summed E-state index contributed by atoms with van der Waals surface area (Å²) in [5.74, 6) is 1.25. The summed E-state index contributed by atoms with van der Waals surface area (Å²) in [7, 11) is 1.42. The smallest absolute Gasteiger partial charge is 0.308 e. The van der Waals surface area contributed by atoms with Gasteiger partial charge in [0, 0.05) is 23.2 Å². The molecule has 0 bridgehead atoms. The maximum absolute atomic E-state index is 11.9. The van der Waals surface area contributed by atoms with Gasteiger partial charge in [-0.15, -0.1) is 0 Å². The summed E-state index contributed by atoms with van der Waals surface area (Å²) in [6, 6.07) is 0.114. The van der Waals surface area contributed by atoms with E-state index in [9.17, 15) is 9.90 Å². The average Bonchev–Trinajstić information content (AvgIpc) is 3.40. The van der Waals surface area contributed by atoms with E-state index in [0.717, 1.165) is 46.5 Å². The van der Waals surface area contributed by atoms with Gasteiger partial charge in [0.15, 0.2) is 0 Å². The number of hydrogen-bond acceptors (Lipinski definition) is 8. The molecule has 0 aliphatic heterocycles. The lowest BCUT2D eigenvalue weighted by Gasteiger charge is -2.35. The van der Waals surface area contributed by atoms with Gasteiger partial charge in [-0.2, -0.15) is 0 Å². The Morgan fingerprint density at radius 1 is 1.30 bits per heavy atom. The van der Waals surface area contributed by atoms with E-state index < -0.39 is 6.10 Å². The third-order valence-electron chi connectivity index (χ3n) is 6.86. The SMILES string of the molecule is COC(=O)[C@H]1C[C@@H](n2c3c(c4c(N)ncnc42)-c2noc(C4CC4)c2C(O)CC3)C1. The van der Waals surface area contributed by atoms with Crippen molar-refractivity contribution in [3.8, 4) is 11.3 Å². The maximum Gasteiger partial charge on any atom is 0.308 e. The number of aliphatic hydroxyl groups excluding tert-OH is 1. The van der Waals surface area contributed by atoms with Crippen molar-refractivity contribution in [1.82, 2.24) is 19.7 Å². The minimum Gasteiger partial charge on any atom is -0.469 e. The lowest BCUT2D eigenvalue weighted by atomic mass is 9.80. The molecule has 30 heavy (non-hydrogen) atoms. The molecule has 1 unspecified atom stereocenters. The first kappa shape index (κ1) is 17.9. The predicted molar refractivity (Wildman–Crippen MR) is 106 cm³/mol. The topological polar surface area (TPSA) is 129 Å². The first-order valence-electron chi connectivity index (χ1n) is 10.5. The minimum absolute atomic E-state index is 0.104. The number of esters is 1. The highest BCUT2D eigenvalue weighted by Gasteiger charge is 2.42. The van der Waals surface area contributed by atoms with E-state index in [0.29, 0.717) is 43.1 Å². The number of fused-ring (bicyclic) bond motifs is 5. The van der Waals surface area contributed by atoms with E-state index in [2.05, 4.69) is 19.7 Å². The Kier molecular flexibility index (Phi) is 3.74. The molecule has 3 aromatic heterocycles. The fourth-order valence-electron chi connectivity index (χ4n) is 5.13. The number of anilines is 1. The fourth-order valence-corrected chi connectivity index (χ4v) is 5.13. The second kappa shape index (κ2) is 6.28. The molecule has 1 atom stereocenters. The van der Waals surface area contributed by atoms with E-state index in [4.69, 9.17) is 15.0 Å². The van der Waals surface area contributed by atoms with E-state index in [1.807, 2.05) is 0 Å². The van der Waals surface area contributed by atoms with Crippen LogP contribution in [0.2, 0.25) is 0 Å². The van der Waals surface area contributed by atoms with Crippen LogP contribution in [0.15, 0.2) is 10.9 Å². The van der Waals surface area contributed by atoms with Crippen LogP contribution in [0.25, 0.3) is 22.3 Å². The third kappa shape index (κ3) is 2.38. The van der Waals surface area contributed by atoms with E-state index in [1.165, 1.54) is 13.4 Å². The van der Waals surface area contributed by atoms with E-state index in [1.54, 1.807) is 0 Å². The van der Waals surface area contributed by atoms with Crippen LogP contribution in [0.5, 0.6) is 0 Å². The predicted octanol–water partition coefficient (Wildman–Crippen LogP) is 2.65. The Balaban J connectivity index is 1.55. The summed E-state index contributed by atoms with van der Waals surface area (Å²) < 4.78 is 12.8. The molecule has 3 N–H and O–H groups in total. The number of nitrogen functional groups attached to an aromatic ring is 1. The summed E-state index contributed by atoms with van der Waals surface area (Å²) in [6.07, 6.45) is 5.56. The molecule has 2 saturated carbocycles. The largest absolute Gasteiger partial charge is 0.469 e. The number of aromatic nitrogens is 4. The summed E-state index contributed by atoms with van der Waals surface area (Å²) >= 11 is 0. The van der Waals surface area contributed by atoms with Crippen molar-refractivity contribution in [3.63, 3.8) is 0 Å². The number of nitrogens with two attached hydrogens (primary N) is 1. The Labute approximate surface area is 172 Å². The molecule has 3 aromatic rings. The lowest BCUT2D eigenvalue weighted by molar-refractivity contribution is -0.149. The Hall–Kier alpha value is -2.94. The van der Waals surface area contributed by atoms with Gasteiger partial charge in [0.1, 0.15) is 29.2 Å². The normalized spacial score (nSPS) is 25.3. The number of hydrogen-bond donors (Lipinski definition) is 2. The van der Waals surface area contributed by atoms with Gasteiger partial charge >= 0.3 is 5.97 Å². The average molecular weight is 409 g/mol. The maximum atomic E-state index is 11.9. The van der Waals surface area contributed by atoms with Gasteiger partial charge in [0.2, 0.25) is 0 Å². The van der Waals surface area contributed by atoms with Gasteiger partial charge < -0.3 is 24.7 Å². The molecule has 0 saturated heterocycles. The van der Waals surface area contributed by atoms with Crippen LogP contribution in [-0.2, 0) is 16.0 Å². The molecule has 156 valence electrons. The minimum atomic E-state index is -0.632. The van der Waals surface area contributed by atoms with Crippen molar-refractivity contribution in [1.29, 1.82) is 0 Å². The summed E-state index contributed by atoms with van der Waals surface area (Å²) in [6.45, 7) is 0. The molecule has 0 amide bonds. The first-order chi connectivity index (χ1) is 14.6. The number of carbonyl (C=O) groups excluding carboxylic acids is 1. The number of rotatable bonds is 3. The highest BCUT2D eigenvalue weighted by atomic mass is 16.5. The second-order valence-corrected chi connectivity index (χ2v) is 8.63.